The van der Waals surface area contributed by atoms with Crippen molar-refractivity contribution in [2.24, 2.45) is 0 Å². The predicted octanol–water partition coefficient (Wildman–Crippen LogP) is 4.61. The van der Waals surface area contributed by atoms with Gasteiger partial charge >= 0.3 is 12.0 Å². The molecule has 0 saturated heterocycles. The van der Waals surface area contributed by atoms with E-state index in [4.69, 9.17) is 0 Å². The average Bonchev–Trinajstić information content (AvgIpc) is 3.13. The zero-order valence-corrected chi connectivity index (χ0v) is 18.3. The number of amides is 3. The molecule has 3 aromatic carbocycles. The molecule has 0 bridgehead atoms. The van der Waals surface area contributed by atoms with Crippen LogP contribution in [0.2, 0.25) is 0 Å². The van der Waals surface area contributed by atoms with Gasteiger partial charge in [0.05, 0.1) is 22.5 Å². The van der Waals surface area contributed by atoms with Crippen molar-refractivity contribution in [2.75, 3.05) is 17.3 Å². The fourth-order valence-electron chi connectivity index (χ4n) is 3.81. The number of benzene rings is 3. The quantitative estimate of drug-likeness (QED) is 0.502. The highest BCUT2D eigenvalue weighted by atomic mass is 16.4. The first-order valence-electron chi connectivity index (χ1n) is 10.5. The standard InChI is InChI=1S/C26H23N3O4/c1-3-16-9-14-20-21(15-16)29(26(33)27-2)24(30)22(20)23(17-7-5-4-6-8-17)28-19-12-10-18(11-13-19)25(31)32/h4-15,28H,3H2,1-2H3,(H,27,33)(H,31,32). The molecule has 7 heteroatoms. The largest absolute Gasteiger partial charge is 0.478 e. The number of urea groups is 1. The Hall–Kier alpha value is -4.39. The van der Waals surface area contributed by atoms with Crippen LogP contribution in [0.1, 0.15) is 34.0 Å². The summed E-state index contributed by atoms with van der Waals surface area (Å²) in [5, 5.41) is 15.0. The highest BCUT2D eigenvalue weighted by Crippen LogP contribution is 2.41. The van der Waals surface area contributed by atoms with Gasteiger partial charge in [-0.2, -0.15) is 0 Å². The van der Waals surface area contributed by atoms with Crippen molar-refractivity contribution < 1.29 is 19.5 Å². The predicted molar refractivity (Wildman–Crippen MR) is 128 cm³/mol. The maximum atomic E-state index is 13.6. The van der Waals surface area contributed by atoms with Crippen LogP contribution < -0.4 is 15.5 Å². The van der Waals surface area contributed by atoms with Crippen LogP contribution in [0.5, 0.6) is 0 Å². The minimum Gasteiger partial charge on any atom is -0.478 e. The SMILES string of the molecule is CCc1ccc2c(c1)N(C(=O)NC)C(=O)C2=C(Nc1ccc(C(=O)O)cc1)c1ccccc1. The van der Waals surface area contributed by atoms with Gasteiger partial charge in [-0.25, -0.2) is 14.5 Å². The highest BCUT2D eigenvalue weighted by Gasteiger charge is 2.38. The molecule has 3 N–H and O–H groups in total. The number of nitrogens with one attached hydrogen (secondary N) is 2. The van der Waals surface area contributed by atoms with Crippen LogP contribution in [0.4, 0.5) is 16.2 Å². The first-order valence-corrected chi connectivity index (χ1v) is 10.5. The molecule has 1 heterocycles. The number of carboxylic acids is 1. The van der Waals surface area contributed by atoms with E-state index in [1.807, 2.05) is 55.5 Å². The molecule has 0 aliphatic carbocycles. The highest BCUT2D eigenvalue weighted by molar-refractivity contribution is 6.43. The minimum absolute atomic E-state index is 0.162. The van der Waals surface area contributed by atoms with Gasteiger partial charge in [0, 0.05) is 18.3 Å². The number of carboxylic acid groups (broad SMARTS) is 1. The molecule has 0 spiro atoms. The van der Waals surface area contributed by atoms with Crippen molar-refractivity contribution in [3.63, 3.8) is 0 Å². The zero-order chi connectivity index (χ0) is 23.5. The summed E-state index contributed by atoms with van der Waals surface area (Å²) in [7, 11) is 1.49. The third-order valence-corrected chi connectivity index (χ3v) is 5.53. The number of hydrogen-bond acceptors (Lipinski definition) is 4. The van der Waals surface area contributed by atoms with Crippen LogP contribution in [0.25, 0.3) is 11.3 Å². The van der Waals surface area contributed by atoms with E-state index in [1.165, 1.54) is 19.2 Å². The van der Waals surface area contributed by atoms with E-state index in [9.17, 15) is 19.5 Å². The van der Waals surface area contributed by atoms with Crippen LogP contribution in [0.15, 0.2) is 72.8 Å². The number of anilines is 2. The molecule has 33 heavy (non-hydrogen) atoms. The van der Waals surface area contributed by atoms with Gasteiger partial charge < -0.3 is 15.7 Å². The Labute approximate surface area is 191 Å². The van der Waals surface area contributed by atoms with Crippen LogP contribution in [-0.4, -0.2) is 30.1 Å². The molecule has 1 aliphatic heterocycles. The maximum Gasteiger partial charge on any atom is 0.335 e. The van der Waals surface area contributed by atoms with Crippen molar-refractivity contribution in [2.45, 2.75) is 13.3 Å². The molecule has 4 rings (SSSR count). The Balaban J connectivity index is 1.92. The van der Waals surface area contributed by atoms with Crippen LogP contribution in [-0.2, 0) is 11.2 Å². The second-order valence-corrected chi connectivity index (χ2v) is 7.52. The summed E-state index contributed by atoms with van der Waals surface area (Å²) in [5.41, 5.74) is 4.62. The Morgan fingerprint density at radius 1 is 0.939 bits per heavy atom. The molecule has 166 valence electrons. The molecular weight excluding hydrogens is 418 g/mol. The monoisotopic (exact) mass is 441 g/mol. The van der Waals surface area contributed by atoms with E-state index >= 15 is 0 Å². The van der Waals surface area contributed by atoms with Gasteiger partial charge in [-0.05, 0) is 47.9 Å². The third kappa shape index (κ3) is 4.08. The smallest absolute Gasteiger partial charge is 0.335 e. The number of carbonyl (C=O) groups is 3. The number of fused-ring (bicyclic) bond motifs is 1. The van der Waals surface area contributed by atoms with Crippen molar-refractivity contribution in [3.05, 3.63) is 95.1 Å². The summed E-state index contributed by atoms with van der Waals surface area (Å²) in [6.45, 7) is 2.01. The van der Waals surface area contributed by atoms with Gasteiger partial charge in [0.25, 0.3) is 5.91 Å². The number of rotatable bonds is 5. The number of aryl methyl sites for hydroxylation is 1. The summed E-state index contributed by atoms with van der Waals surface area (Å²) in [5.74, 6) is -1.46. The lowest BCUT2D eigenvalue weighted by Crippen LogP contribution is -2.40. The number of nitrogens with zero attached hydrogens (tertiary/aromatic N) is 1. The first kappa shape index (κ1) is 21.8. The lowest BCUT2D eigenvalue weighted by molar-refractivity contribution is -0.112. The van der Waals surface area contributed by atoms with E-state index in [0.29, 0.717) is 28.2 Å². The Bertz CT molecular complexity index is 1260. The summed E-state index contributed by atoms with van der Waals surface area (Å²) < 4.78 is 0. The normalized spacial score (nSPS) is 14.0. The Morgan fingerprint density at radius 2 is 1.64 bits per heavy atom. The van der Waals surface area contributed by atoms with Gasteiger partial charge in [-0.3, -0.25) is 4.79 Å². The Kier molecular flexibility index (Phi) is 5.95. The number of imide groups is 1. The first-order chi connectivity index (χ1) is 15.9. The maximum absolute atomic E-state index is 13.6. The summed E-state index contributed by atoms with van der Waals surface area (Å²) in [6, 6.07) is 20.8. The third-order valence-electron chi connectivity index (χ3n) is 5.53. The van der Waals surface area contributed by atoms with Crippen LogP contribution >= 0.6 is 0 Å². The fraction of sp³-hybridized carbons (Fsp3) is 0.115. The molecule has 3 amide bonds. The van der Waals surface area contributed by atoms with Crippen molar-refractivity contribution in [1.82, 2.24) is 5.32 Å². The molecule has 0 aromatic heterocycles. The Morgan fingerprint density at radius 3 is 2.24 bits per heavy atom. The second-order valence-electron chi connectivity index (χ2n) is 7.52. The summed E-state index contributed by atoms with van der Waals surface area (Å²) in [4.78, 5) is 38.6. The van der Waals surface area contributed by atoms with E-state index in [1.54, 1.807) is 12.1 Å². The molecule has 0 unspecified atom stereocenters. The number of aromatic carboxylic acids is 1. The molecule has 3 aromatic rings. The van der Waals surface area contributed by atoms with E-state index < -0.39 is 17.9 Å². The summed E-state index contributed by atoms with van der Waals surface area (Å²) in [6.07, 6.45) is 0.766. The summed E-state index contributed by atoms with van der Waals surface area (Å²) >= 11 is 0. The van der Waals surface area contributed by atoms with E-state index in [0.717, 1.165) is 22.4 Å². The zero-order valence-electron chi connectivity index (χ0n) is 18.3. The van der Waals surface area contributed by atoms with Gasteiger partial charge in [-0.15, -0.1) is 0 Å². The molecule has 7 nitrogen and oxygen atoms in total. The van der Waals surface area contributed by atoms with Gasteiger partial charge in [0.2, 0.25) is 0 Å². The molecule has 0 radical (unpaired) electrons. The van der Waals surface area contributed by atoms with Crippen LogP contribution in [0.3, 0.4) is 0 Å². The van der Waals surface area contributed by atoms with Crippen molar-refractivity contribution >= 4 is 40.6 Å². The molecule has 0 saturated carbocycles. The average molecular weight is 441 g/mol. The minimum atomic E-state index is -1.02. The number of hydrogen-bond donors (Lipinski definition) is 3. The van der Waals surface area contributed by atoms with Gasteiger partial charge in [0.1, 0.15) is 0 Å². The molecular formula is C26H23N3O4. The molecule has 1 aliphatic rings. The topological polar surface area (TPSA) is 98.7 Å². The second kappa shape index (κ2) is 9.00. The van der Waals surface area contributed by atoms with Gasteiger partial charge in [0.15, 0.2) is 0 Å². The molecule has 0 atom stereocenters. The van der Waals surface area contributed by atoms with Crippen molar-refractivity contribution in [1.29, 1.82) is 0 Å². The lowest BCUT2D eigenvalue weighted by atomic mass is 9.98. The van der Waals surface area contributed by atoms with Gasteiger partial charge in [-0.1, -0.05) is 49.4 Å². The number of carbonyl (C=O) groups excluding carboxylic acids is 2. The van der Waals surface area contributed by atoms with E-state index in [2.05, 4.69) is 10.6 Å². The van der Waals surface area contributed by atoms with Crippen molar-refractivity contribution in [3.8, 4) is 0 Å². The van der Waals surface area contributed by atoms with Crippen LogP contribution in [0, 0.1) is 0 Å². The fourth-order valence-corrected chi connectivity index (χ4v) is 3.81. The molecule has 0 fully saturated rings. The van der Waals surface area contributed by atoms with E-state index in [-0.39, 0.29) is 5.56 Å². The lowest BCUT2D eigenvalue weighted by Gasteiger charge is -2.16.